The number of hydrogen-bond donors (Lipinski definition) is 1. The Hall–Kier alpha value is -1.15. The maximum atomic E-state index is 11.2. The molecule has 0 radical (unpaired) electrons. The van der Waals surface area contributed by atoms with Gasteiger partial charge < -0.3 is 5.11 Å². The lowest BCUT2D eigenvalue weighted by Gasteiger charge is -2.32. The number of Topliss-reactive ketones (excluding diaryl/α,β-unsaturated/α-hetero) is 1. The summed E-state index contributed by atoms with van der Waals surface area (Å²) in [6.07, 6.45) is 4.37. The minimum absolute atomic E-state index is 0.275. The zero-order valence-corrected chi connectivity index (χ0v) is 10.4. The molecule has 0 atom stereocenters. The lowest BCUT2D eigenvalue weighted by molar-refractivity contribution is -0.125. The summed E-state index contributed by atoms with van der Waals surface area (Å²) in [5, 5.41) is 10.5. The van der Waals surface area contributed by atoms with E-state index in [1.165, 1.54) is 5.56 Å². The fourth-order valence-corrected chi connectivity index (χ4v) is 2.50. The summed E-state index contributed by atoms with van der Waals surface area (Å²) in [6.45, 7) is 2.16. The van der Waals surface area contributed by atoms with Gasteiger partial charge in [0, 0.05) is 12.8 Å². The van der Waals surface area contributed by atoms with Crippen molar-refractivity contribution in [3.8, 4) is 0 Å². The first-order chi connectivity index (χ1) is 8.14. The van der Waals surface area contributed by atoms with E-state index in [2.05, 4.69) is 19.1 Å². The van der Waals surface area contributed by atoms with Gasteiger partial charge in [0.25, 0.3) is 0 Å². The number of carbonyl (C=O) groups is 1. The number of aliphatic hydroxyl groups is 1. The number of benzene rings is 1. The molecule has 1 fully saturated rings. The van der Waals surface area contributed by atoms with E-state index in [9.17, 15) is 9.90 Å². The van der Waals surface area contributed by atoms with Crippen LogP contribution in [0.5, 0.6) is 0 Å². The van der Waals surface area contributed by atoms with Crippen LogP contribution in [0.2, 0.25) is 0 Å². The van der Waals surface area contributed by atoms with Gasteiger partial charge in [0.1, 0.15) is 5.78 Å². The second-order valence-corrected chi connectivity index (χ2v) is 5.02. The Morgan fingerprint density at radius 2 is 1.76 bits per heavy atom. The standard InChI is InChI=1S/C15H20O2/c1-2-3-12-4-6-13(7-5-12)15(17)10-8-14(16)9-11-15/h4-7,17H,2-3,8-11H2,1H3. The number of rotatable bonds is 3. The van der Waals surface area contributed by atoms with Gasteiger partial charge in [0.2, 0.25) is 0 Å². The van der Waals surface area contributed by atoms with Crippen LogP contribution >= 0.6 is 0 Å². The molecule has 2 heteroatoms. The van der Waals surface area contributed by atoms with Gasteiger partial charge in [-0.3, -0.25) is 4.79 Å². The molecule has 1 aromatic rings. The summed E-state index contributed by atoms with van der Waals surface area (Å²) >= 11 is 0. The minimum Gasteiger partial charge on any atom is -0.385 e. The van der Waals surface area contributed by atoms with Crippen molar-refractivity contribution in [3.05, 3.63) is 35.4 Å². The Labute approximate surface area is 103 Å². The van der Waals surface area contributed by atoms with Crippen molar-refractivity contribution in [1.82, 2.24) is 0 Å². The number of carbonyl (C=O) groups excluding carboxylic acids is 1. The molecule has 1 aliphatic carbocycles. The molecule has 2 rings (SSSR count). The third-order valence-corrected chi connectivity index (χ3v) is 3.66. The predicted molar refractivity (Wildman–Crippen MR) is 67.8 cm³/mol. The second kappa shape index (κ2) is 5.01. The van der Waals surface area contributed by atoms with Crippen molar-refractivity contribution in [3.63, 3.8) is 0 Å². The molecule has 1 saturated carbocycles. The largest absolute Gasteiger partial charge is 0.385 e. The highest BCUT2D eigenvalue weighted by Crippen LogP contribution is 2.35. The van der Waals surface area contributed by atoms with Crippen LogP contribution in [-0.4, -0.2) is 10.9 Å². The average Bonchev–Trinajstić information content (AvgIpc) is 2.35. The van der Waals surface area contributed by atoms with E-state index in [1.807, 2.05) is 12.1 Å². The van der Waals surface area contributed by atoms with E-state index in [1.54, 1.807) is 0 Å². The lowest BCUT2D eigenvalue weighted by atomic mass is 9.79. The normalized spacial score (nSPS) is 19.3. The van der Waals surface area contributed by atoms with E-state index >= 15 is 0 Å². The Bertz CT molecular complexity index is 382. The SMILES string of the molecule is CCCc1ccc(C2(O)CCC(=O)CC2)cc1. The summed E-state index contributed by atoms with van der Waals surface area (Å²) in [5.41, 5.74) is 1.50. The van der Waals surface area contributed by atoms with Crippen molar-refractivity contribution in [2.75, 3.05) is 0 Å². The zero-order valence-electron chi connectivity index (χ0n) is 10.4. The smallest absolute Gasteiger partial charge is 0.133 e. The Balaban J connectivity index is 2.13. The van der Waals surface area contributed by atoms with E-state index in [0.717, 1.165) is 18.4 Å². The fraction of sp³-hybridized carbons (Fsp3) is 0.533. The fourth-order valence-electron chi connectivity index (χ4n) is 2.50. The molecule has 0 heterocycles. The summed E-state index contributed by atoms with van der Waals surface area (Å²) < 4.78 is 0. The third-order valence-electron chi connectivity index (χ3n) is 3.66. The number of hydrogen-bond acceptors (Lipinski definition) is 2. The molecule has 2 nitrogen and oxygen atoms in total. The van der Waals surface area contributed by atoms with Gasteiger partial charge in [-0.05, 0) is 30.4 Å². The lowest BCUT2D eigenvalue weighted by Crippen LogP contribution is -2.31. The average molecular weight is 232 g/mol. The summed E-state index contributed by atoms with van der Waals surface area (Å²) in [4.78, 5) is 11.2. The highest BCUT2D eigenvalue weighted by molar-refractivity contribution is 5.79. The minimum atomic E-state index is -0.779. The quantitative estimate of drug-likeness (QED) is 0.870. The predicted octanol–water partition coefficient (Wildman–Crippen LogP) is 2.97. The van der Waals surface area contributed by atoms with E-state index in [-0.39, 0.29) is 5.78 Å². The molecule has 1 N–H and O–H groups in total. The van der Waals surface area contributed by atoms with Gasteiger partial charge in [-0.2, -0.15) is 0 Å². The molecule has 0 bridgehead atoms. The van der Waals surface area contributed by atoms with Crippen LogP contribution in [0.15, 0.2) is 24.3 Å². The van der Waals surface area contributed by atoms with Crippen molar-refractivity contribution in [2.24, 2.45) is 0 Å². The van der Waals surface area contributed by atoms with E-state index in [0.29, 0.717) is 25.7 Å². The van der Waals surface area contributed by atoms with Crippen LogP contribution in [-0.2, 0) is 16.8 Å². The second-order valence-electron chi connectivity index (χ2n) is 5.02. The topological polar surface area (TPSA) is 37.3 Å². The summed E-state index contributed by atoms with van der Waals surface area (Å²) in [5.74, 6) is 0.275. The van der Waals surface area contributed by atoms with Crippen LogP contribution in [0, 0.1) is 0 Å². The molecule has 1 aliphatic rings. The molecular weight excluding hydrogens is 212 g/mol. The first-order valence-electron chi connectivity index (χ1n) is 6.47. The first-order valence-corrected chi connectivity index (χ1v) is 6.47. The summed E-state index contributed by atoms with van der Waals surface area (Å²) in [6, 6.07) is 8.21. The van der Waals surface area contributed by atoms with Gasteiger partial charge in [0.05, 0.1) is 5.60 Å². The van der Waals surface area contributed by atoms with Crippen LogP contribution in [0.25, 0.3) is 0 Å². The third kappa shape index (κ3) is 2.75. The maximum Gasteiger partial charge on any atom is 0.133 e. The van der Waals surface area contributed by atoms with Crippen molar-refractivity contribution in [1.29, 1.82) is 0 Å². The highest BCUT2D eigenvalue weighted by atomic mass is 16.3. The van der Waals surface area contributed by atoms with Crippen LogP contribution in [0.3, 0.4) is 0 Å². The number of ketones is 1. The molecule has 92 valence electrons. The monoisotopic (exact) mass is 232 g/mol. The number of aryl methyl sites for hydroxylation is 1. The van der Waals surface area contributed by atoms with Gasteiger partial charge in [-0.15, -0.1) is 0 Å². The van der Waals surface area contributed by atoms with Crippen LogP contribution in [0.1, 0.15) is 50.2 Å². The first kappa shape index (κ1) is 12.3. The van der Waals surface area contributed by atoms with E-state index in [4.69, 9.17) is 0 Å². The molecule has 0 aliphatic heterocycles. The van der Waals surface area contributed by atoms with Gasteiger partial charge in [-0.1, -0.05) is 37.6 Å². The summed E-state index contributed by atoms with van der Waals surface area (Å²) in [7, 11) is 0. The molecule has 17 heavy (non-hydrogen) atoms. The van der Waals surface area contributed by atoms with Crippen LogP contribution in [0.4, 0.5) is 0 Å². The molecule has 0 saturated heterocycles. The maximum absolute atomic E-state index is 11.2. The molecule has 1 aromatic carbocycles. The molecule has 0 aromatic heterocycles. The Morgan fingerprint density at radius 3 is 2.29 bits per heavy atom. The van der Waals surface area contributed by atoms with Gasteiger partial charge >= 0.3 is 0 Å². The highest BCUT2D eigenvalue weighted by Gasteiger charge is 2.33. The zero-order chi connectivity index (χ0) is 12.3. The van der Waals surface area contributed by atoms with Gasteiger partial charge in [-0.25, -0.2) is 0 Å². The molecule has 0 unspecified atom stereocenters. The van der Waals surface area contributed by atoms with Gasteiger partial charge in [0.15, 0.2) is 0 Å². The Morgan fingerprint density at radius 1 is 1.18 bits per heavy atom. The van der Waals surface area contributed by atoms with Crippen LogP contribution < -0.4 is 0 Å². The molecule has 0 spiro atoms. The molecule has 0 amide bonds. The molecular formula is C15H20O2. The Kier molecular flexibility index (Phi) is 3.63. The van der Waals surface area contributed by atoms with Crippen molar-refractivity contribution in [2.45, 2.75) is 51.0 Å². The van der Waals surface area contributed by atoms with Crippen molar-refractivity contribution < 1.29 is 9.90 Å². The van der Waals surface area contributed by atoms with E-state index < -0.39 is 5.60 Å². The van der Waals surface area contributed by atoms with Crippen molar-refractivity contribution >= 4 is 5.78 Å².